The SMILES string of the molecule is COC(=O)c1sc2ccncc2c1N.Cl.Cl. The molecular weight excluding hydrogens is 271 g/mol. The Morgan fingerprint density at radius 3 is 2.75 bits per heavy atom. The number of rotatable bonds is 1. The smallest absolute Gasteiger partial charge is 0.350 e. The van der Waals surface area contributed by atoms with E-state index in [-0.39, 0.29) is 24.8 Å². The standard InChI is InChI=1S/C9H8N2O2S.2ClH/c1-13-9(12)8-7(10)5-4-11-3-2-6(5)14-8;;/h2-4H,10H2,1H3;2*1H. The molecule has 4 nitrogen and oxygen atoms in total. The number of ether oxygens (including phenoxy) is 1. The highest BCUT2D eigenvalue weighted by molar-refractivity contribution is 7.21. The van der Waals surface area contributed by atoms with Gasteiger partial charge in [0.2, 0.25) is 0 Å². The van der Waals surface area contributed by atoms with Gasteiger partial charge < -0.3 is 10.5 Å². The van der Waals surface area contributed by atoms with Crippen LogP contribution in [0, 0.1) is 0 Å². The minimum absolute atomic E-state index is 0. The number of nitrogens with two attached hydrogens (primary N) is 1. The molecule has 0 aromatic carbocycles. The second kappa shape index (κ2) is 5.89. The monoisotopic (exact) mass is 280 g/mol. The van der Waals surface area contributed by atoms with Gasteiger partial charge in [0.05, 0.1) is 12.8 Å². The van der Waals surface area contributed by atoms with Gasteiger partial charge in [-0.1, -0.05) is 0 Å². The first-order chi connectivity index (χ1) is 6.74. The summed E-state index contributed by atoms with van der Waals surface area (Å²) in [6.45, 7) is 0. The molecule has 0 unspecified atom stereocenters. The van der Waals surface area contributed by atoms with Crippen LogP contribution in [0.25, 0.3) is 10.1 Å². The number of methoxy groups -OCH3 is 1. The number of carbonyl (C=O) groups excluding carboxylic acids is 1. The quantitative estimate of drug-likeness (QED) is 0.816. The number of fused-ring (bicyclic) bond motifs is 1. The fourth-order valence-electron chi connectivity index (χ4n) is 1.20. The first-order valence-electron chi connectivity index (χ1n) is 3.94. The molecule has 0 saturated heterocycles. The molecule has 0 atom stereocenters. The normalized spacial score (nSPS) is 9.06. The first-order valence-corrected chi connectivity index (χ1v) is 4.76. The third-order valence-electron chi connectivity index (χ3n) is 1.90. The van der Waals surface area contributed by atoms with E-state index in [4.69, 9.17) is 5.73 Å². The van der Waals surface area contributed by atoms with E-state index in [1.807, 2.05) is 6.07 Å². The van der Waals surface area contributed by atoms with Crippen molar-refractivity contribution in [2.24, 2.45) is 0 Å². The first kappa shape index (κ1) is 15.0. The predicted octanol–water partition coefficient (Wildman–Crippen LogP) is 2.51. The van der Waals surface area contributed by atoms with Gasteiger partial charge in [-0.2, -0.15) is 0 Å². The number of thiophene rings is 1. The van der Waals surface area contributed by atoms with Crippen LogP contribution in [0.1, 0.15) is 9.67 Å². The lowest BCUT2D eigenvalue weighted by Crippen LogP contribution is -2.01. The van der Waals surface area contributed by atoms with Crippen molar-refractivity contribution in [3.05, 3.63) is 23.3 Å². The molecule has 16 heavy (non-hydrogen) atoms. The Balaban J connectivity index is 0.00000112. The van der Waals surface area contributed by atoms with Crippen molar-refractivity contribution in [1.29, 1.82) is 0 Å². The summed E-state index contributed by atoms with van der Waals surface area (Å²) in [5.74, 6) is -0.399. The molecule has 0 aliphatic rings. The number of pyridine rings is 1. The number of carbonyl (C=O) groups is 1. The third kappa shape index (κ3) is 2.37. The minimum Gasteiger partial charge on any atom is -0.465 e. The van der Waals surface area contributed by atoms with Crippen LogP contribution in [-0.4, -0.2) is 18.1 Å². The number of esters is 1. The molecule has 0 spiro atoms. The van der Waals surface area contributed by atoms with E-state index in [2.05, 4.69) is 9.72 Å². The fraction of sp³-hybridized carbons (Fsp3) is 0.111. The highest BCUT2D eigenvalue weighted by atomic mass is 35.5. The summed E-state index contributed by atoms with van der Waals surface area (Å²) in [6, 6.07) is 1.82. The van der Waals surface area contributed by atoms with E-state index in [0.717, 1.165) is 10.1 Å². The van der Waals surface area contributed by atoms with Crippen LogP contribution in [0.5, 0.6) is 0 Å². The highest BCUT2D eigenvalue weighted by Gasteiger charge is 2.16. The molecule has 0 saturated carbocycles. The van der Waals surface area contributed by atoms with E-state index >= 15 is 0 Å². The maximum atomic E-state index is 11.3. The number of nitrogen functional groups attached to an aromatic ring is 1. The lowest BCUT2D eigenvalue weighted by molar-refractivity contribution is 0.0607. The average molecular weight is 281 g/mol. The van der Waals surface area contributed by atoms with Crippen LogP contribution in [0.4, 0.5) is 5.69 Å². The van der Waals surface area contributed by atoms with E-state index < -0.39 is 5.97 Å². The highest BCUT2D eigenvalue weighted by Crippen LogP contribution is 2.32. The second-order valence-electron chi connectivity index (χ2n) is 2.71. The zero-order valence-electron chi connectivity index (χ0n) is 8.30. The van der Waals surface area contributed by atoms with E-state index in [1.54, 1.807) is 12.4 Å². The zero-order chi connectivity index (χ0) is 10.1. The van der Waals surface area contributed by atoms with Crippen LogP contribution in [0.2, 0.25) is 0 Å². The maximum Gasteiger partial charge on any atom is 0.350 e. The number of anilines is 1. The number of nitrogens with zero attached hydrogens (tertiary/aromatic N) is 1. The molecule has 7 heteroatoms. The number of hydrogen-bond acceptors (Lipinski definition) is 5. The molecule has 2 N–H and O–H groups in total. The molecule has 0 bridgehead atoms. The van der Waals surface area contributed by atoms with Crippen LogP contribution < -0.4 is 5.73 Å². The Hall–Kier alpha value is -1.04. The molecule has 2 heterocycles. The van der Waals surface area contributed by atoms with Gasteiger partial charge in [-0.15, -0.1) is 36.2 Å². The second-order valence-corrected chi connectivity index (χ2v) is 3.76. The van der Waals surface area contributed by atoms with Gasteiger partial charge in [0.15, 0.2) is 0 Å². The summed E-state index contributed by atoms with van der Waals surface area (Å²) in [4.78, 5) is 15.7. The van der Waals surface area contributed by atoms with Gasteiger partial charge in [0, 0.05) is 22.5 Å². The number of hydrogen-bond donors (Lipinski definition) is 1. The molecule has 2 aromatic heterocycles. The van der Waals surface area contributed by atoms with Crippen LogP contribution >= 0.6 is 36.2 Å². The Labute approximate surface area is 109 Å². The van der Waals surface area contributed by atoms with Gasteiger partial charge in [-0.3, -0.25) is 4.98 Å². The van der Waals surface area contributed by atoms with Crippen molar-refractivity contribution < 1.29 is 9.53 Å². The largest absolute Gasteiger partial charge is 0.465 e. The Morgan fingerprint density at radius 1 is 1.50 bits per heavy atom. The zero-order valence-corrected chi connectivity index (χ0v) is 10.7. The van der Waals surface area contributed by atoms with Crippen molar-refractivity contribution in [2.75, 3.05) is 12.8 Å². The van der Waals surface area contributed by atoms with Crippen molar-refractivity contribution in [1.82, 2.24) is 4.98 Å². The summed E-state index contributed by atoms with van der Waals surface area (Å²) < 4.78 is 5.56. The fourth-order valence-corrected chi connectivity index (χ4v) is 2.21. The summed E-state index contributed by atoms with van der Waals surface area (Å²) in [5.41, 5.74) is 6.23. The molecule has 0 radical (unpaired) electrons. The average Bonchev–Trinajstić information content (AvgIpc) is 2.56. The maximum absolute atomic E-state index is 11.3. The van der Waals surface area contributed by atoms with Gasteiger partial charge in [0.1, 0.15) is 4.88 Å². The molecule has 0 aliphatic carbocycles. The Kier molecular flexibility index (Phi) is 5.50. The van der Waals surface area contributed by atoms with Crippen LogP contribution in [0.3, 0.4) is 0 Å². The van der Waals surface area contributed by atoms with Crippen molar-refractivity contribution in [2.45, 2.75) is 0 Å². The van der Waals surface area contributed by atoms with Crippen molar-refractivity contribution in [3.63, 3.8) is 0 Å². The molecule has 0 aliphatic heterocycles. The molecule has 2 aromatic rings. The lowest BCUT2D eigenvalue weighted by Gasteiger charge is -1.95. The van der Waals surface area contributed by atoms with Crippen LogP contribution in [-0.2, 0) is 4.74 Å². The summed E-state index contributed by atoms with van der Waals surface area (Å²) in [5, 5.41) is 0.804. The number of aromatic nitrogens is 1. The van der Waals surface area contributed by atoms with Crippen molar-refractivity contribution in [3.8, 4) is 0 Å². The summed E-state index contributed by atoms with van der Waals surface area (Å²) in [7, 11) is 1.34. The summed E-state index contributed by atoms with van der Waals surface area (Å²) in [6.07, 6.45) is 3.31. The van der Waals surface area contributed by atoms with E-state index in [1.165, 1.54) is 18.4 Å². The number of halogens is 2. The molecule has 88 valence electrons. The Bertz CT molecular complexity index is 501. The predicted molar refractivity (Wildman–Crippen MR) is 69.9 cm³/mol. The van der Waals surface area contributed by atoms with Crippen molar-refractivity contribution >= 4 is 57.9 Å². The van der Waals surface area contributed by atoms with Gasteiger partial charge in [-0.05, 0) is 6.07 Å². The van der Waals surface area contributed by atoms with Gasteiger partial charge >= 0.3 is 5.97 Å². The van der Waals surface area contributed by atoms with E-state index in [0.29, 0.717) is 10.6 Å². The van der Waals surface area contributed by atoms with Gasteiger partial charge in [-0.25, -0.2) is 4.79 Å². The lowest BCUT2D eigenvalue weighted by atomic mass is 10.3. The van der Waals surface area contributed by atoms with Gasteiger partial charge in [0.25, 0.3) is 0 Å². The Morgan fingerprint density at radius 2 is 2.19 bits per heavy atom. The molecule has 0 amide bonds. The summed E-state index contributed by atoms with van der Waals surface area (Å²) >= 11 is 1.32. The van der Waals surface area contributed by atoms with E-state index in [9.17, 15) is 4.79 Å². The third-order valence-corrected chi connectivity index (χ3v) is 3.07. The molecular formula is C9H10Cl2N2O2S. The molecule has 2 rings (SSSR count). The molecule has 0 fully saturated rings. The van der Waals surface area contributed by atoms with Crippen LogP contribution in [0.15, 0.2) is 18.5 Å². The topological polar surface area (TPSA) is 65.2 Å². The minimum atomic E-state index is -0.399.